The number of aryl methyl sites for hydroxylation is 1. The van der Waals surface area contributed by atoms with Gasteiger partial charge in [0.15, 0.2) is 9.84 Å². The minimum absolute atomic E-state index is 0.0987. The van der Waals surface area contributed by atoms with Crippen LogP contribution in [-0.2, 0) is 16.3 Å². The minimum atomic E-state index is -3.04. The van der Waals surface area contributed by atoms with Gasteiger partial charge in [-0.15, -0.1) is 0 Å². The molecule has 1 aliphatic heterocycles. The molecule has 2 unspecified atom stereocenters. The zero-order valence-corrected chi connectivity index (χ0v) is 13.0. The van der Waals surface area contributed by atoms with E-state index in [1.807, 2.05) is 32.0 Å². The van der Waals surface area contributed by atoms with E-state index < -0.39 is 9.84 Å². The van der Waals surface area contributed by atoms with Gasteiger partial charge in [0.2, 0.25) is 0 Å². The second kappa shape index (κ2) is 4.46. The lowest BCUT2D eigenvalue weighted by molar-refractivity contribution is 0.312. The number of rotatable bonds is 1. The molecule has 2 atom stereocenters. The molecule has 0 bridgehead atoms. The first-order valence-electron chi connectivity index (χ1n) is 6.98. The normalized spacial score (nSPS) is 30.1. The van der Waals surface area contributed by atoms with Crippen molar-refractivity contribution < 1.29 is 13.2 Å². The van der Waals surface area contributed by atoms with Gasteiger partial charge in [-0.05, 0) is 49.9 Å². The van der Waals surface area contributed by atoms with Gasteiger partial charge < -0.3 is 10.1 Å². The fraction of sp³-hybridized carbons (Fsp3) is 0.600. The molecule has 1 saturated heterocycles. The fourth-order valence-electron chi connectivity index (χ4n) is 3.52. The Kier molecular flexibility index (Phi) is 3.10. The minimum Gasteiger partial charge on any atom is -0.497 e. The van der Waals surface area contributed by atoms with E-state index in [1.165, 1.54) is 5.56 Å². The van der Waals surface area contributed by atoms with Gasteiger partial charge in [-0.1, -0.05) is 6.07 Å². The van der Waals surface area contributed by atoms with Crippen molar-refractivity contribution in [3.8, 4) is 5.75 Å². The summed E-state index contributed by atoms with van der Waals surface area (Å²) in [4.78, 5) is 0. The second-order valence-electron chi connectivity index (χ2n) is 6.45. The molecule has 5 heteroatoms. The average Bonchev–Trinajstić information content (AvgIpc) is 2.35. The molecule has 1 heterocycles. The van der Waals surface area contributed by atoms with Crippen molar-refractivity contribution in [2.75, 3.05) is 12.9 Å². The molecule has 0 saturated carbocycles. The van der Waals surface area contributed by atoms with Crippen LogP contribution >= 0.6 is 0 Å². The van der Waals surface area contributed by atoms with Gasteiger partial charge in [0.25, 0.3) is 0 Å². The molecule has 0 spiro atoms. The Bertz CT molecular complexity index is 637. The number of hydrogen-bond acceptors (Lipinski definition) is 4. The van der Waals surface area contributed by atoms with E-state index in [4.69, 9.17) is 4.74 Å². The Morgan fingerprint density at radius 3 is 2.80 bits per heavy atom. The van der Waals surface area contributed by atoms with Gasteiger partial charge in [0, 0.05) is 11.6 Å². The van der Waals surface area contributed by atoms with Crippen LogP contribution in [0.3, 0.4) is 0 Å². The third-order valence-corrected chi connectivity index (χ3v) is 6.88. The highest BCUT2D eigenvalue weighted by Gasteiger charge is 2.47. The van der Waals surface area contributed by atoms with Crippen molar-refractivity contribution in [2.24, 2.45) is 0 Å². The van der Waals surface area contributed by atoms with E-state index in [1.54, 1.807) is 7.11 Å². The van der Waals surface area contributed by atoms with Crippen LogP contribution in [0.4, 0.5) is 0 Å². The van der Waals surface area contributed by atoms with E-state index in [0.29, 0.717) is 6.42 Å². The van der Waals surface area contributed by atoms with E-state index >= 15 is 0 Å². The largest absolute Gasteiger partial charge is 0.497 e. The third-order valence-electron chi connectivity index (χ3n) is 4.32. The van der Waals surface area contributed by atoms with E-state index in [0.717, 1.165) is 17.7 Å². The Morgan fingerprint density at radius 2 is 2.10 bits per heavy atom. The second-order valence-corrected chi connectivity index (χ2v) is 8.67. The van der Waals surface area contributed by atoms with Gasteiger partial charge in [-0.2, -0.15) is 0 Å². The molecule has 0 radical (unpaired) electrons. The highest BCUT2D eigenvalue weighted by molar-refractivity contribution is 7.92. The van der Waals surface area contributed by atoms with Gasteiger partial charge in [0.05, 0.1) is 18.1 Å². The van der Waals surface area contributed by atoms with Crippen LogP contribution < -0.4 is 10.1 Å². The van der Waals surface area contributed by atoms with Crippen LogP contribution in [0, 0.1) is 0 Å². The van der Waals surface area contributed by atoms with Crippen molar-refractivity contribution in [1.29, 1.82) is 0 Å². The van der Waals surface area contributed by atoms with Crippen molar-refractivity contribution in [3.63, 3.8) is 0 Å². The Hall–Kier alpha value is -1.07. The highest BCUT2D eigenvalue weighted by Crippen LogP contribution is 2.40. The number of methoxy groups -OCH3 is 1. The Labute approximate surface area is 120 Å². The first-order valence-corrected chi connectivity index (χ1v) is 8.70. The van der Waals surface area contributed by atoms with Gasteiger partial charge in [-0.3, -0.25) is 0 Å². The molecular weight excluding hydrogens is 274 g/mol. The number of ether oxygens (including phenoxy) is 1. The molecule has 1 aromatic carbocycles. The number of sulfone groups is 1. The van der Waals surface area contributed by atoms with Crippen molar-refractivity contribution in [3.05, 3.63) is 29.3 Å². The molecule has 3 rings (SSSR count). The number of fused-ring (bicyclic) bond motifs is 3. The monoisotopic (exact) mass is 295 g/mol. The average molecular weight is 295 g/mol. The molecule has 0 aromatic heterocycles. The maximum Gasteiger partial charge on any atom is 0.156 e. The molecule has 2 aliphatic rings. The van der Waals surface area contributed by atoms with Gasteiger partial charge >= 0.3 is 0 Å². The summed E-state index contributed by atoms with van der Waals surface area (Å²) < 4.78 is 30.3. The van der Waals surface area contributed by atoms with Crippen molar-refractivity contribution in [1.82, 2.24) is 5.32 Å². The van der Waals surface area contributed by atoms with E-state index in [2.05, 4.69) is 5.32 Å². The number of nitrogens with one attached hydrogen (secondary N) is 1. The van der Waals surface area contributed by atoms with E-state index in [9.17, 15) is 8.42 Å². The van der Waals surface area contributed by atoms with Crippen LogP contribution in [-0.4, -0.2) is 32.1 Å². The topological polar surface area (TPSA) is 55.4 Å². The fourth-order valence-corrected chi connectivity index (χ4v) is 5.93. The van der Waals surface area contributed by atoms with E-state index in [-0.39, 0.29) is 22.6 Å². The van der Waals surface area contributed by atoms with Crippen LogP contribution in [0.15, 0.2) is 18.2 Å². The number of benzene rings is 1. The molecule has 4 nitrogen and oxygen atoms in total. The van der Waals surface area contributed by atoms with Crippen molar-refractivity contribution >= 4 is 9.84 Å². The summed E-state index contributed by atoms with van der Waals surface area (Å²) in [5.41, 5.74) is 1.93. The van der Waals surface area contributed by atoms with Crippen LogP contribution in [0.25, 0.3) is 0 Å². The summed E-state index contributed by atoms with van der Waals surface area (Å²) in [6.45, 7) is 3.91. The first kappa shape index (κ1) is 13.9. The Morgan fingerprint density at radius 1 is 1.35 bits per heavy atom. The maximum absolute atomic E-state index is 12.5. The molecule has 1 aromatic rings. The third kappa shape index (κ3) is 2.23. The molecule has 1 N–H and O–H groups in total. The zero-order valence-electron chi connectivity index (χ0n) is 12.1. The SMILES string of the molecule is COc1ccc2c(c1)CCC1C2NC(C)(C)CS1(=O)=O. The predicted molar refractivity (Wildman–Crippen MR) is 78.8 cm³/mol. The van der Waals surface area contributed by atoms with Crippen LogP contribution in [0.2, 0.25) is 0 Å². The van der Waals surface area contributed by atoms with Crippen molar-refractivity contribution in [2.45, 2.75) is 43.5 Å². The standard InChI is InChI=1S/C15H21NO3S/c1-15(2)9-20(17,18)13-7-4-10-8-11(19-3)5-6-12(10)14(13)16-15/h5-6,8,13-14,16H,4,7,9H2,1-3H3. The summed E-state index contributed by atoms with van der Waals surface area (Å²) in [5.74, 6) is 1.05. The lowest BCUT2D eigenvalue weighted by Gasteiger charge is -2.44. The van der Waals surface area contributed by atoms with Gasteiger partial charge in [-0.25, -0.2) is 8.42 Å². The van der Waals surface area contributed by atoms with Gasteiger partial charge in [0.1, 0.15) is 5.75 Å². The van der Waals surface area contributed by atoms with Crippen LogP contribution in [0.5, 0.6) is 5.75 Å². The Balaban J connectivity index is 2.07. The molecule has 0 amide bonds. The maximum atomic E-state index is 12.5. The first-order chi connectivity index (χ1) is 9.32. The lowest BCUT2D eigenvalue weighted by Crippen LogP contribution is -2.59. The summed E-state index contributed by atoms with van der Waals surface area (Å²) in [5, 5.41) is 3.23. The summed E-state index contributed by atoms with van der Waals surface area (Å²) in [7, 11) is -1.39. The molecule has 1 fully saturated rings. The summed E-state index contributed by atoms with van der Waals surface area (Å²) in [6, 6.07) is 5.85. The molecule has 1 aliphatic carbocycles. The summed E-state index contributed by atoms with van der Waals surface area (Å²) in [6.07, 6.45) is 1.49. The van der Waals surface area contributed by atoms with Crippen LogP contribution in [0.1, 0.15) is 37.4 Å². The molecule has 20 heavy (non-hydrogen) atoms. The lowest BCUT2D eigenvalue weighted by atomic mass is 9.85. The summed E-state index contributed by atoms with van der Waals surface area (Å²) >= 11 is 0. The highest BCUT2D eigenvalue weighted by atomic mass is 32.2. The smallest absolute Gasteiger partial charge is 0.156 e. The quantitative estimate of drug-likeness (QED) is 0.859. The number of hydrogen-bond donors (Lipinski definition) is 1. The molecular formula is C15H21NO3S. The zero-order chi connectivity index (χ0) is 14.5. The molecule has 110 valence electrons. The predicted octanol–water partition coefficient (Wildman–Crippen LogP) is 1.85.